The molecule has 0 aliphatic carbocycles. The molecule has 0 radical (unpaired) electrons. The van der Waals surface area contributed by atoms with Crippen LogP contribution >= 0.6 is 11.6 Å². The van der Waals surface area contributed by atoms with E-state index in [0.29, 0.717) is 5.78 Å². The first-order chi connectivity index (χ1) is 6.66. The van der Waals surface area contributed by atoms with Gasteiger partial charge in [-0.05, 0) is 25.5 Å². The molecule has 1 nitrogen and oxygen atoms in total. The highest BCUT2D eigenvalue weighted by atomic mass is 35.5. The second-order valence-corrected chi connectivity index (χ2v) is 3.54. The summed E-state index contributed by atoms with van der Waals surface area (Å²) in [7, 11) is 0. The number of Topliss-reactive ketones (excluding diaryl/α,β-unsaturated/α-hetero) is 1. The molecule has 0 fully saturated rings. The molecule has 78 valence electrons. The van der Waals surface area contributed by atoms with Crippen LogP contribution in [0.15, 0.2) is 30.3 Å². The molecular formula is C12H17ClO. The Morgan fingerprint density at radius 3 is 2.07 bits per heavy atom. The van der Waals surface area contributed by atoms with Gasteiger partial charge in [-0.25, -0.2) is 0 Å². The van der Waals surface area contributed by atoms with Crippen molar-refractivity contribution in [2.24, 2.45) is 0 Å². The minimum atomic E-state index is 0.307. The molecule has 2 heteroatoms. The maximum Gasteiger partial charge on any atom is 0.129 e. The Bertz CT molecular complexity index is 244. The van der Waals surface area contributed by atoms with Gasteiger partial charge in [0.1, 0.15) is 5.78 Å². The third kappa shape index (κ3) is 9.27. The molecule has 0 aromatic heterocycles. The first-order valence-corrected chi connectivity index (χ1v) is 5.24. The number of halogens is 1. The number of benzene rings is 1. The quantitative estimate of drug-likeness (QED) is 0.737. The topological polar surface area (TPSA) is 17.1 Å². The molecule has 0 unspecified atom stereocenters. The van der Waals surface area contributed by atoms with Gasteiger partial charge >= 0.3 is 0 Å². The van der Waals surface area contributed by atoms with E-state index in [1.54, 1.807) is 6.92 Å². The first kappa shape index (κ1) is 13.2. The summed E-state index contributed by atoms with van der Waals surface area (Å²) in [6.07, 6.45) is 2.94. The maximum absolute atomic E-state index is 10.2. The van der Waals surface area contributed by atoms with E-state index in [1.165, 1.54) is 0 Å². The molecular weight excluding hydrogens is 196 g/mol. The van der Waals surface area contributed by atoms with Crippen LogP contribution in [0.2, 0.25) is 5.02 Å². The third-order valence-corrected chi connectivity index (χ3v) is 1.87. The van der Waals surface area contributed by atoms with Gasteiger partial charge in [-0.2, -0.15) is 0 Å². The Labute approximate surface area is 91.1 Å². The predicted molar refractivity (Wildman–Crippen MR) is 61.7 cm³/mol. The van der Waals surface area contributed by atoms with Gasteiger partial charge in [0.2, 0.25) is 0 Å². The highest BCUT2D eigenvalue weighted by Crippen LogP contribution is 2.03. The lowest BCUT2D eigenvalue weighted by molar-refractivity contribution is -0.117. The molecule has 0 saturated carbocycles. The van der Waals surface area contributed by atoms with Gasteiger partial charge in [0.05, 0.1) is 0 Å². The summed E-state index contributed by atoms with van der Waals surface area (Å²) in [6, 6.07) is 9.44. The Balaban J connectivity index is 0.000000241. The number of ketones is 1. The van der Waals surface area contributed by atoms with Crippen LogP contribution in [0.5, 0.6) is 0 Å². The Hall–Kier alpha value is -0.820. The van der Waals surface area contributed by atoms with E-state index in [0.717, 1.165) is 24.3 Å². The number of carbonyl (C=O) groups is 1. The summed E-state index contributed by atoms with van der Waals surface area (Å²) in [6.45, 7) is 3.72. The van der Waals surface area contributed by atoms with Gasteiger partial charge < -0.3 is 4.79 Å². The van der Waals surface area contributed by atoms with Crippen molar-refractivity contribution in [2.45, 2.75) is 33.1 Å². The molecule has 0 aliphatic rings. The van der Waals surface area contributed by atoms with E-state index in [4.69, 9.17) is 11.6 Å². The Kier molecular flexibility index (Phi) is 8.25. The fourth-order valence-corrected chi connectivity index (χ4v) is 0.986. The molecule has 0 bridgehead atoms. The van der Waals surface area contributed by atoms with Crippen LogP contribution in [0.1, 0.15) is 33.1 Å². The average molecular weight is 213 g/mol. The highest BCUT2D eigenvalue weighted by Gasteiger charge is 1.87. The van der Waals surface area contributed by atoms with Crippen LogP contribution in [-0.4, -0.2) is 5.78 Å². The molecule has 0 saturated heterocycles. The molecule has 0 spiro atoms. The first-order valence-electron chi connectivity index (χ1n) is 4.86. The van der Waals surface area contributed by atoms with Crippen LogP contribution in [0.25, 0.3) is 0 Å². The molecule has 1 aromatic rings. The van der Waals surface area contributed by atoms with Crippen molar-refractivity contribution in [2.75, 3.05) is 0 Å². The van der Waals surface area contributed by atoms with Crippen molar-refractivity contribution in [1.29, 1.82) is 0 Å². The molecule has 14 heavy (non-hydrogen) atoms. The minimum absolute atomic E-state index is 0.307. The van der Waals surface area contributed by atoms with E-state index in [9.17, 15) is 4.79 Å². The molecule has 0 aliphatic heterocycles. The van der Waals surface area contributed by atoms with E-state index in [2.05, 4.69) is 6.92 Å². The zero-order valence-electron chi connectivity index (χ0n) is 8.79. The lowest BCUT2D eigenvalue weighted by Crippen LogP contribution is -1.86. The highest BCUT2D eigenvalue weighted by molar-refractivity contribution is 6.30. The SMILES string of the molecule is CCCCC(C)=O.Clc1ccccc1. The summed E-state index contributed by atoms with van der Waals surface area (Å²) >= 11 is 5.54. The third-order valence-electron chi connectivity index (χ3n) is 1.62. The average Bonchev–Trinajstić information content (AvgIpc) is 2.17. The van der Waals surface area contributed by atoms with Gasteiger partial charge in [0.15, 0.2) is 0 Å². The van der Waals surface area contributed by atoms with Crippen LogP contribution < -0.4 is 0 Å². The van der Waals surface area contributed by atoms with E-state index in [1.807, 2.05) is 30.3 Å². The van der Waals surface area contributed by atoms with Gasteiger partial charge in [-0.15, -0.1) is 0 Å². The summed E-state index contributed by atoms with van der Waals surface area (Å²) in [5.74, 6) is 0.307. The maximum atomic E-state index is 10.2. The second-order valence-electron chi connectivity index (χ2n) is 3.10. The molecule has 0 atom stereocenters. The molecule has 0 amide bonds. The largest absolute Gasteiger partial charge is 0.300 e. The van der Waals surface area contributed by atoms with Gasteiger partial charge in [0.25, 0.3) is 0 Å². The molecule has 0 heterocycles. The van der Waals surface area contributed by atoms with Crippen molar-refractivity contribution in [3.05, 3.63) is 35.4 Å². The molecule has 1 aromatic carbocycles. The van der Waals surface area contributed by atoms with Crippen molar-refractivity contribution < 1.29 is 4.79 Å². The zero-order chi connectivity index (χ0) is 10.8. The van der Waals surface area contributed by atoms with Gasteiger partial charge in [-0.3, -0.25) is 0 Å². The van der Waals surface area contributed by atoms with E-state index >= 15 is 0 Å². The lowest BCUT2D eigenvalue weighted by Gasteiger charge is -1.86. The summed E-state index contributed by atoms with van der Waals surface area (Å²) in [5.41, 5.74) is 0. The number of hydrogen-bond acceptors (Lipinski definition) is 1. The van der Waals surface area contributed by atoms with Crippen LogP contribution in [0.4, 0.5) is 0 Å². The number of rotatable bonds is 3. The Morgan fingerprint density at radius 2 is 1.86 bits per heavy atom. The van der Waals surface area contributed by atoms with E-state index in [-0.39, 0.29) is 0 Å². The zero-order valence-corrected chi connectivity index (χ0v) is 9.55. The smallest absolute Gasteiger partial charge is 0.129 e. The number of carbonyl (C=O) groups excluding carboxylic acids is 1. The van der Waals surface area contributed by atoms with Crippen LogP contribution in [-0.2, 0) is 4.79 Å². The molecule has 1 rings (SSSR count). The van der Waals surface area contributed by atoms with Crippen molar-refractivity contribution >= 4 is 17.4 Å². The predicted octanol–water partition coefficient (Wildman–Crippen LogP) is 4.11. The van der Waals surface area contributed by atoms with Gasteiger partial charge in [0, 0.05) is 11.4 Å². The standard InChI is InChI=1S/C6H5Cl.C6H12O/c7-6-4-2-1-3-5-6;1-3-4-5-6(2)7/h1-5H;3-5H2,1-2H3. The van der Waals surface area contributed by atoms with Gasteiger partial charge in [-0.1, -0.05) is 43.1 Å². The van der Waals surface area contributed by atoms with Crippen LogP contribution in [0.3, 0.4) is 0 Å². The monoisotopic (exact) mass is 212 g/mol. The summed E-state index contributed by atoms with van der Waals surface area (Å²) in [5, 5.41) is 0.794. The normalized spacial score (nSPS) is 8.79. The Morgan fingerprint density at radius 1 is 1.29 bits per heavy atom. The number of hydrogen-bond donors (Lipinski definition) is 0. The second kappa shape index (κ2) is 8.76. The lowest BCUT2D eigenvalue weighted by atomic mass is 10.2. The fraction of sp³-hybridized carbons (Fsp3) is 0.417. The van der Waals surface area contributed by atoms with Crippen molar-refractivity contribution in [1.82, 2.24) is 0 Å². The molecule has 0 N–H and O–H groups in total. The number of unbranched alkanes of at least 4 members (excludes halogenated alkanes) is 1. The summed E-state index contributed by atoms with van der Waals surface area (Å²) in [4.78, 5) is 10.2. The van der Waals surface area contributed by atoms with Crippen LogP contribution in [0, 0.1) is 0 Å². The fourth-order valence-electron chi connectivity index (χ4n) is 0.840. The minimum Gasteiger partial charge on any atom is -0.300 e. The van der Waals surface area contributed by atoms with E-state index < -0.39 is 0 Å². The van der Waals surface area contributed by atoms with Crippen molar-refractivity contribution in [3.8, 4) is 0 Å². The van der Waals surface area contributed by atoms with Crippen molar-refractivity contribution in [3.63, 3.8) is 0 Å². The summed E-state index contributed by atoms with van der Waals surface area (Å²) < 4.78 is 0.